The highest BCUT2D eigenvalue weighted by Gasteiger charge is 1.95. The minimum atomic E-state index is 0. The van der Waals surface area contributed by atoms with Gasteiger partial charge in [-0.05, 0) is 24.3 Å². The van der Waals surface area contributed by atoms with Crippen molar-refractivity contribution in [2.24, 2.45) is 5.84 Å². The van der Waals surface area contributed by atoms with Crippen LogP contribution < -0.4 is 17.0 Å². The van der Waals surface area contributed by atoms with Crippen LogP contribution in [0.3, 0.4) is 0 Å². The average Bonchev–Trinajstić information content (AvgIpc) is 3.15. The van der Waals surface area contributed by atoms with E-state index in [0.717, 1.165) is 11.4 Å². The first kappa shape index (κ1) is 23.2. The number of nitriles is 1. The largest absolute Gasteiger partial charge is 0.504 e. The van der Waals surface area contributed by atoms with Crippen LogP contribution in [-0.2, 0) is 4.74 Å². The average molecular weight is 366 g/mol. The molecule has 0 amide bonds. The molecule has 1 aromatic heterocycles. The van der Waals surface area contributed by atoms with Crippen molar-refractivity contribution < 1.29 is 4.74 Å². The standard InChI is InChI=1S/C9H9N3.C6H8N2.C4H5NO.CH4/c10-9-6-7-12(11-9)8-4-2-1-3-5-8;7-8-6-4-2-1-3-5-6;1-6-4-2-3-5;/h1-7H,(H2,10,11);1-5,8H,7H2;2,4H,1H3;1H4/b;;4-2+;. The molecule has 3 aromatic rings. The van der Waals surface area contributed by atoms with Crippen molar-refractivity contribution in [2.75, 3.05) is 18.3 Å². The van der Waals surface area contributed by atoms with Gasteiger partial charge in [-0.2, -0.15) is 10.4 Å². The summed E-state index contributed by atoms with van der Waals surface area (Å²) in [6.07, 6.45) is 4.42. The Morgan fingerprint density at radius 3 is 2.04 bits per heavy atom. The number of nitrogen functional groups attached to an aromatic ring is 2. The van der Waals surface area contributed by atoms with E-state index in [1.807, 2.05) is 66.9 Å². The van der Waals surface area contributed by atoms with E-state index in [0.29, 0.717) is 5.82 Å². The van der Waals surface area contributed by atoms with Crippen LogP contribution in [0.25, 0.3) is 5.69 Å². The number of para-hydroxylation sites is 2. The monoisotopic (exact) mass is 366 g/mol. The number of nitrogens with two attached hydrogens (primary N) is 2. The summed E-state index contributed by atoms with van der Waals surface area (Å²) in [7, 11) is 1.49. The Morgan fingerprint density at radius 1 is 1.07 bits per heavy atom. The molecule has 0 saturated heterocycles. The predicted molar refractivity (Wildman–Crippen MR) is 111 cm³/mol. The highest BCUT2D eigenvalue weighted by Crippen LogP contribution is 2.06. The SMILES string of the molecule is C.CO/C=C/C#N.NNc1ccccc1.Nc1ccn(-c2ccccc2)n1. The first-order chi connectivity index (χ1) is 12.7. The summed E-state index contributed by atoms with van der Waals surface area (Å²) in [4.78, 5) is 0. The number of hydrazine groups is 1. The second-order valence-corrected chi connectivity index (χ2v) is 4.70. The molecule has 142 valence electrons. The van der Waals surface area contributed by atoms with E-state index in [4.69, 9.17) is 16.8 Å². The van der Waals surface area contributed by atoms with Gasteiger partial charge in [0.05, 0.1) is 31.2 Å². The normalized spacial score (nSPS) is 8.78. The quantitative estimate of drug-likeness (QED) is 0.281. The second-order valence-electron chi connectivity index (χ2n) is 4.70. The van der Waals surface area contributed by atoms with E-state index in [1.165, 1.54) is 19.4 Å². The number of aromatic nitrogens is 2. The Hall–Kier alpha value is -3.76. The van der Waals surface area contributed by atoms with Gasteiger partial charge >= 0.3 is 0 Å². The summed E-state index contributed by atoms with van der Waals surface area (Å²) in [6.45, 7) is 0. The van der Waals surface area contributed by atoms with Gasteiger partial charge in [0.1, 0.15) is 5.82 Å². The first-order valence-electron chi connectivity index (χ1n) is 7.67. The molecule has 0 aliphatic heterocycles. The van der Waals surface area contributed by atoms with Crippen molar-refractivity contribution in [1.29, 1.82) is 5.26 Å². The summed E-state index contributed by atoms with van der Waals surface area (Å²) < 4.78 is 6.12. The number of nitrogens with zero attached hydrogens (tertiary/aromatic N) is 3. The topological polar surface area (TPSA) is 115 Å². The number of allylic oxidation sites excluding steroid dienone is 1. The molecule has 0 fully saturated rings. The van der Waals surface area contributed by atoms with Gasteiger partial charge in [-0.25, -0.2) is 4.68 Å². The summed E-state index contributed by atoms with van der Waals surface area (Å²) in [5.74, 6) is 5.64. The molecule has 2 aromatic carbocycles. The van der Waals surface area contributed by atoms with Gasteiger partial charge in [0.2, 0.25) is 0 Å². The van der Waals surface area contributed by atoms with Crippen LogP contribution in [0.5, 0.6) is 0 Å². The zero-order valence-electron chi connectivity index (χ0n) is 14.5. The molecule has 7 heteroatoms. The minimum absolute atomic E-state index is 0. The van der Waals surface area contributed by atoms with Crippen LogP contribution in [0, 0.1) is 11.3 Å². The summed E-state index contributed by atoms with van der Waals surface area (Å²) in [5.41, 5.74) is 9.97. The molecule has 0 atom stereocenters. The van der Waals surface area contributed by atoms with Gasteiger partial charge in [0.15, 0.2) is 0 Å². The molecule has 0 spiro atoms. The van der Waals surface area contributed by atoms with E-state index in [1.54, 1.807) is 16.8 Å². The van der Waals surface area contributed by atoms with Crippen molar-refractivity contribution >= 4 is 11.5 Å². The Bertz CT molecular complexity index is 794. The first-order valence-corrected chi connectivity index (χ1v) is 7.67. The number of anilines is 2. The number of benzene rings is 2. The molecule has 7 nitrogen and oxygen atoms in total. The lowest BCUT2D eigenvalue weighted by Crippen LogP contribution is -2.05. The van der Waals surface area contributed by atoms with E-state index in [2.05, 4.69) is 15.3 Å². The van der Waals surface area contributed by atoms with Crippen LogP contribution in [-0.4, -0.2) is 16.9 Å². The highest BCUT2D eigenvalue weighted by atomic mass is 16.5. The molecule has 0 radical (unpaired) electrons. The summed E-state index contributed by atoms with van der Waals surface area (Å²) in [6, 6.07) is 23.0. The summed E-state index contributed by atoms with van der Waals surface area (Å²) in [5, 5.41) is 11.9. The number of rotatable bonds is 3. The molecule has 0 unspecified atom stereocenters. The molecule has 0 saturated carbocycles. The highest BCUT2D eigenvalue weighted by molar-refractivity contribution is 5.40. The molecule has 0 aliphatic carbocycles. The third kappa shape index (κ3) is 9.96. The number of nitrogens with one attached hydrogen (secondary N) is 1. The Morgan fingerprint density at radius 2 is 1.67 bits per heavy atom. The van der Waals surface area contributed by atoms with Gasteiger partial charge in [-0.3, -0.25) is 5.84 Å². The second kappa shape index (κ2) is 14.6. The van der Waals surface area contributed by atoms with Gasteiger partial charge in [0.25, 0.3) is 0 Å². The molecule has 0 aliphatic rings. The van der Waals surface area contributed by atoms with Crippen molar-refractivity contribution in [3.05, 3.63) is 85.3 Å². The van der Waals surface area contributed by atoms with E-state index >= 15 is 0 Å². The Labute approximate surface area is 160 Å². The number of hydrogen-bond acceptors (Lipinski definition) is 6. The molecule has 27 heavy (non-hydrogen) atoms. The lowest BCUT2D eigenvalue weighted by Gasteiger charge is -1.98. The maximum absolute atomic E-state index is 7.78. The van der Waals surface area contributed by atoms with Gasteiger partial charge in [-0.1, -0.05) is 43.8 Å². The maximum Gasteiger partial charge on any atom is 0.145 e. The lowest BCUT2D eigenvalue weighted by atomic mass is 10.3. The van der Waals surface area contributed by atoms with Crippen LogP contribution in [0.15, 0.2) is 85.3 Å². The van der Waals surface area contributed by atoms with E-state index in [9.17, 15) is 0 Å². The van der Waals surface area contributed by atoms with Gasteiger partial charge < -0.3 is 15.9 Å². The van der Waals surface area contributed by atoms with E-state index in [-0.39, 0.29) is 7.43 Å². The van der Waals surface area contributed by atoms with Crippen LogP contribution in [0.2, 0.25) is 0 Å². The van der Waals surface area contributed by atoms with E-state index < -0.39 is 0 Å². The van der Waals surface area contributed by atoms with Crippen molar-refractivity contribution in [2.45, 2.75) is 7.43 Å². The maximum atomic E-state index is 7.78. The molecule has 3 rings (SSSR count). The zero-order valence-corrected chi connectivity index (χ0v) is 14.5. The van der Waals surface area contributed by atoms with Gasteiger partial charge in [0, 0.05) is 18.0 Å². The van der Waals surface area contributed by atoms with Crippen LogP contribution in [0.1, 0.15) is 7.43 Å². The third-order valence-electron chi connectivity index (χ3n) is 2.85. The molecular weight excluding hydrogens is 340 g/mol. The Kier molecular flexibility index (Phi) is 12.5. The lowest BCUT2D eigenvalue weighted by molar-refractivity contribution is 0.338. The van der Waals surface area contributed by atoms with Crippen LogP contribution >= 0.6 is 0 Å². The predicted octanol–water partition coefficient (Wildman–Crippen LogP) is 3.73. The smallest absolute Gasteiger partial charge is 0.145 e. The fourth-order valence-electron chi connectivity index (χ4n) is 1.70. The Balaban J connectivity index is 0.000000397. The molecule has 5 N–H and O–H groups in total. The minimum Gasteiger partial charge on any atom is -0.504 e. The molecular formula is C20H26N6O. The summed E-state index contributed by atoms with van der Waals surface area (Å²) >= 11 is 0. The van der Waals surface area contributed by atoms with Crippen molar-refractivity contribution in [3.8, 4) is 11.8 Å². The van der Waals surface area contributed by atoms with Crippen molar-refractivity contribution in [1.82, 2.24) is 9.78 Å². The number of methoxy groups -OCH3 is 1. The van der Waals surface area contributed by atoms with Crippen LogP contribution in [0.4, 0.5) is 11.5 Å². The number of hydrogen-bond donors (Lipinski definition) is 3. The fraction of sp³-hybridized carbons (Fsp3) is 0.100. The fourth-order valence-corrected chi connectivity index (χ4v) is 1.70. The molecule has 0 bridgehead atoms. The van der Waals surface area contributed by atoms with Crippen molar-refractivity contribution in [3.63, 3.8) is 0 Å². The number of ether oxygens (including phenoxy) is 1. The third-order valence-corrected chi connectivity index (χ3v) is 2.85. The zero-order chi connectivity index (χ0) is 19.0. The van der Waals surface area contributed by atoms with Gasteiger partial charge in [-0.15, -0.1) is 0 Å². The molecule has 1 heterocycles.